The van der Waals surface area contributed by atoms with Crippen LogP contribution in [0.4, 0.5) is 0 Å². The Balaban J connectivity index is 2.56. The lowest BCUT2D eigenvalue weighted by Crippen LogP contribution is -2.28. The fraction of sp³-hybridized carbons (Fsp3) is 0.571. The van der Waals surface area contributed by atoms with Crippen LogP contribution in [0.1, 0.15) is 25.3 Å². The minimum Gasteiger partial charge on any atom is -0.382 e. The molecule has 1 aromatic rings. The van der Waals surface area contributed by atoms with Gasteiger partial charge in [-0.25, -0.2) is 0 Å². The van der Waals surface area contributed by atoms with E-state index in [1.807, 2.05) is 19.2 Å². The van der Waals surface area contributed by atoms with Gasteiger partial charge in [0.15, 0.2) is 0 Å². The maximum absolute atomic E-state index is 6.18. The number of ether oxygens (including phenoxy) is 1. The molecule has 0 fully saturated rings. The number of hydrogen-bond donors (Lipinski definition) is 1. The summed E-state index contributed by atoms with van der Waals surface area (Å²) >= 11 is 12.1. The van der Waals surface area contributed by atoms with Gasteiger partial charge >= 0.3 is 0 Å². The molecule has 2 atom stereocenters. The molecule has 0 amide bonds. The Morgan fingerprint density at radius 3 is 2.56 bits per heavy atom. The van der Waals surface area contributed by atoms with Crippen molar-refractivity contribution in [2.75, 3.05) is 14.2 Å². The molecule has 1 rings (SSSR count). The lowest BCUT2D eigenvalue weighted by Gasteiger charge is -2.19. The molecule has 0 aliphatic rings. The quantitative estimate of drug-likeness (QED) is 0.821. The molecule has 0 aromatic heterocycles. The average Bonchev–Trinajstić information content (AvgIpc) is 2.36. The van der Waals surface area contributed by atoms with Crippen LogP contribution in [-0.2, 0) is 11.2 Å². The highest BCUT2D eigenvalue weighted by Gasteiger charge is 2.11. The van der Waals surface area contributed by atoms with E-state index < -0.39 is 0 Å². The Morgan fingerprint density at radius 2 is 2.00 bits per heavy atom. The van der Waals surface area contributed by atoms with Crippen LogP contribution in [0.25, 0.3) is 0 Å². The van der Waals surface area contributed by atoms with Gasteiger partial charge < -0.3 is 10.1 Å². The second kappa shape index (κ2) is 8.00. The van der Waals surface area contributed by atoms with Crippen LogP contribution in [0.15, 0.2) is 18.2 Å². The predicted molar refractivity (Wildman–Crippen MR) is 78.7 cm³/mol. The summed E-state index contributed by atoms with van der Waals surface area (Å²) in [6.45, 7) is 2.09. The molecule has 0 heterocycles. The van der Waals surface area contributed by atoms with E-state index in [9.17, 15) is 0 Å². The average molecular weight is 290 g/mol. The molecule has 18 heavy (non-hydrogen) atoms. The van der Waals surface area contributed by atoms with Crippen molar-refractivity contribution in [3.63, 3.8) is 0 Å². The van der Waals surface area contributed by atoms with E-state index in [-0.39, 0.29) is 0 Å². The number of hydrogen-bond acceptors (Lipinski definition) is 2. The van der Waals surface area contributed by atoms with Crippen LogP contribution < -0.4 is 5.32 Å². The first-order valence-corrected chi connectivity index (χ1v) is 6.96. The number of methoxy groups -OCH3 is 1. The van der Waals surface area contributed by atoms with Gasteiger partial charge in [-0.2, -0.15) is 0 Å². The number of benzene rings is 1. The summed E-state index contributed by atoms with van der Waals surface area (Å²) in [6, 6.07) is 6.08. The van der Waals surface area contributed by atoms with E-state index in [4.69, 9.17) is 27.9 Å². The summed E-state index contributed by atoms with van der Waals surface area (Å²) in [5.41, 5.74) is 1.13. The maximum atomic E-state index is 6.18. The van der Waals surface area contributed by atoms with Crippen molar-refractivity contribution in [3.05, 3.63) is 33.8 Å². The lowest BCUT2D eigenvalue weighted by molar-refractivity contribution is 0.106. The number of likely N-dealkylation sites (N-methyl/N-ethyl adjacent to an activating group) is 1. The molecule has 102 valence electrons. The molecule has 4 heteroatoms. The van der Waals surface area contributed by atoms with E-state index in [2.05, 4.69) is 12.2 Å². The van der Waals surface area contributed by atoms with Crippen molar-refractivity contribution in [2.45, 2.75) is 38.3 Å². The second-order valence-electron chi connectivity index (χ2n) is 4.55. The van der Waals surface area contributed by atoms with Gasteiger partial charge in [-0.3, -0.25) is 0 Å². The van der Waals surface area contributed by atoms with Gasteiger partial charge in [-0.15, -0.1) is 0 Å². The lowest BCUT2D eigenvalue weighted by atomic mass is 10.0. The van der Waals surface area contributed by atoms with E-state index in [0.717, 1.165) is 29.8 Å². The molecule has 0 spiro atoms. The molecule has 0 saturated carbocycles. The molecule has 2 unspecified atom stereocenters. The third kappa shape index (κ3) is 5.15. The van der Waals surface area contributed by atoms with Crippen molar-refractivity contribution in [1.82, 2.24) is 5.32 Å². The second-order valence-corrected chi connectivity index (χ2v) is 5.39. The van der Waals surface area contributed by atoms with Gasteiger partial charge in [-0.05, 0) is 50.9 Å². The largest absolute Gasteiger partial charge is 0.382 e. The van der Waals surface area contributed by atoms with Crippen molar-refractivity contribution in [3.8, 4) is 0 Å². The maximum Gasteiger partial charge on any atom is 0.0543 e. The van der Waals surface area contributed by atoms with Crippen molar-refractivity contribution >= 4 is 23.2 Å². The van der Waals surface area contributed by atoms with Gasteiger partial charge in [0.2, 0.25) is 0 Å². The molecular formula is C14H21Cl2NO. The number of nitrogens with one attached hydrogen (secondary N) is 1. The molecule has 0 bridgehead atoms. The first kappa shape index (κ1) is 15.8. The molecular weight excluding hydrogens is 269 g/mol. The summed E-state index contributed by atoms with van der Waals surface area (Å²) in [4.78, 5) is 0. The highest BCUT2D eigenvalue weighted by atomic mass is 35.5. The summed E-state index contributed by atoms with van der Waals surface area (Å²) in [5, 5.41) is 4.74. The van der Waals surface area contributed by atoms with Crippen molar-refractivity contribution in [1.29, 1.82) is 0 Å². The third-order valence-electron chi connectivity index (χ3n) is 3.21. The summed E-state index contributed by atoms with van der Waals surface area (Å²) in [7, 11) is 3.72. The van der Waals surface area contributed by atoms with Crippen LogP contribution in [0.5, 0.6) is 0 Å². The highest BCUT2D eigenvalue weighted by molar-refractivity contribution is 6.35. The fourth-order valence-corrected chi connectivity index (χ4v) is 2.34. The number of halogens is 2. The molecule has 0 radical (unpaired) electrons. The minimum absolute atomic E-state index is 0.293. The summed E-state index contributed by atoms with van der Waals surface area (Å²) in [6.07, 6.45) is 3.29. The highest BCUT2D eigenvalue weighted by Crippen LogP contribution is 2.23. The van der Waals surface area contributed by atoms with Crippen LogP contribution in [0.3, 0.4) is 0 Å². The Bertz CT molecular complexity index is 371. The number of rotatable bonds is 7. The van der Waals surface area contributed by atoms with Gasteiger partial charge in [0, 0.05) is 23.2 Å². The molecule has 0 aliphatic carbocycles. The zero-order valence-corrected chi connectivity index (χ0v) is 12.7. The van der Waals surface area contributed by atoms with Gasteiger partial charge in [0.05, 0.1) is 6.10 Å². The van der Waals surface area contributed by atoms with Crippen molar-refractivity contribution in [2.24, 2.45) is 0 Å². The fourth-order valence-electron chi connectivity index (χ4n) is 1.85. The predicted octanol–water partition coefficient (Wildman–Crippen LogP) is 3.94. The molecule has 0 aliphatic heterocycles. The Morgan fingerprint density at radius 1 is 1.28 bits per heavy atom. The molecule has 2 nitrogen and oxygen atoms in total. The zero-order valence-electron chi connectivity index (χ0n) is 11.2. The summed E-state index contributed by atoms with van der Waals surface area (Å²) < 4.78 is 5.26. The first-order chi connectivity index (χ1) is 8.56. The third-order valence-corrected chi connectivity index (χ3v) is 3.80. The SMILES string of the molecule is CNC(CCC(C)OC)Cc1ccc(Cl)cc1Cl. The first-order valence-electron chi connectivity index (χ1n) is 6.20. The van der Waals surface area contributed by atoms with Crippen LogP contribution >= 0.6 is 23.2 Å². The van der Waals surface area contributed by atoms with Crippen LogP contribution in [0, 0.1) is 0 Å². The minimum atomic E-state index is 0.293. The van der Waals surface area contributed by atoms with E-state index in [1.54, 1.807) is 13.2 Å². The molecule has 1 aromatic carbocycles. The normalized spacial score (nSPS) is 14.5. The van der Waals surface area contributed by atoms with Crippen molar-refractivity contribution < 1.29 is 4.74 Å². The Hall–Kier alpha value is -0.280. The topological polar surface area (TPSA) is 21.3 Å². The van der Waals surface area contributed by atoms with Crippen LogP contribution in [-0.4, -0.2) is 26.3 Å². The van der Waals surface area contributed by atoms with E-state index >= 15 is 0 Å². The van der Waals surface area contributed by atoms with Gasteiger partial charge in [0.25, 0.3) is 0 Å². The summed E-state index contributed by atoms with van der Waals surface area (Å²) in [5.74, 6) is 0. The van der Waals surface area contributed by atoms with Gasteiger partial charge in [-0.1, -0.05) is 29.3 Å². The Labute approximate surface area is 120 Å². The molecule has 0 saturated heterocycles. The molecule has 1 N–H and O–H groups in total. The standard InChI is InChI=1S/C14H21Cl2NO/c1-10(18-3)4-7-13(17-2)8-11-5-6-12(15)9-14(11)16/h5-6,9-10,13,17H,4,7-8H2,1-3H3. The monoisotopic (exact) mass is 289 g/mol. The zero-order chi connectivity index (χ0) is 13.5. The van der Waals surface area contributed by atoms with E-state index in [1.165, 1.54) is 0 Å². The smallest absolute Gasteiger partial charge is 0.0543 e. The van der Waals surface area contributed by atoms with E-state index in [0.29, 0.717) is 17.2 Å². The Kier molecular flexibility index (Phi) is 7.02. The van der Waals surface area contributed by atoms with Gasteiger partial charge in [0.1, 0.15) is 0 Å². The van der Waals surface area contributed by atoms with Crippen LogP contribution in [0.2, 0.25) is 10.0 Å².